The van der Waals surface area contributed by atoms with Crippen LogP contribution in [0.5, 0.6) is 0 Å². The summed E-state index contributed by atoms with van der Waals surface area (Å²) in [6.07, 6.45) is 0. The third kappa shape index (κ3) is 3.22. The Hall–Kier alpha value is -1.20. The van der Waals surface area contributed by atoms with Crippen LogP contribution in [-0.4, -0.2) is 21.8 Å². The number of thiophene rings is 1. The van der Waals surface area contributed by atoms with E-state index in [4.69, 9.17) is 0 Å². The van der Waals surface area contributed by atoms with E-state index in [1.807, 2.05) is 31.1 Å². The van der Waals surface area contributed by atoms with E-state index in [2.05, 4.69) is 23.4 Å². The molecular weight excluding hydrogens is 276 g/mol. The molecule has 2 aromatic heterocycles. The Bertz CT molecular complexity index is 572. The van der Waals surface area contributed by atoms with Gasteiger partial charge in [0.15, 0.2) is 0 Å². The first kappa shape index (κ1) is 14.2. The largest absolute Gasteiger partial charge is 0.330 e. The molecule has 2 rings (SSSR count). The van der Waals surface area contributed by atoms with Crippen LogP contribution in [0.15, 0.2) is 16.8 Å². The predicted molar refractivity (Wildman–Crippen MR) is 80.9 cm³/mol. The summed E-state index contributed by atoms with van der Waals surface area (Å²) < 4.78 is 0. The Kier molecular flexibility index (Phi) is 4.37. The van der Waals surface area contributed by atoms with Crippen molar-refractivity contribution in [1.29, 1.82) is 0 Å². The maximum Gasteiger partial charge on any atom is 0.273 e. The van der Waals surface area contributed by atoms with Gasteiger partial charge in [0.1, 0.15) is 5.69 Å². The van der Waals surface area contributed by atoms with Gasteiger partial charge in [-0.25, -0.2) is 4.98 Å². The third-order valence-electron chi connectivity index (χ3n) is 3.00. The zero-order chi connectivity index (χ0) is 14.0. The van der Waals surface area contributed by atoms with Crippen molar-refractivity contribution < 1.29 is 4.79 Å². The molecule has 3 nitrogen and oxygen atoms in total. The fraction of sp³-hybridized carbons (Fsp3) is 0.429. The maximum atomic E-state index is 12.5. The Balaban J connectivity index is 2.21. The molecule has 0 aromatic carbocycles. The van der Waals surface area contributed by atoms with E-state index in [9.17, 15) is 4.79 Å². The van der Waals surface area contributed by atoms with Gasteiger partial charge in [-0.2, -0.15) is 0 Å². The molecule has 0 bridgehead atoms. The fourth-order valence-corrected chi connectivity index (χ4v) is 3.31. The lowest BCUT2D eigenvalue weighted by Gasteiger charge is -2.25. The minimum absolute atomic E-state index is 0.0205. The number of aromatic nitrogens is 1. The molecule has 0 saturated heterocycles. The van der Waals surface area contributed by atoms with Crippen LogP contribution in [0.4, 0.5) is 0 Å². The van der Waals surface area contributed by atoms with Crippen LogP contribution in [0.3, 0.4) is 0 Å². The van der Waals surface area contributed by atoms with Crippen LogP contribution in [0.1, 0.15) is 39.8 Å². The monoisotopic (exact) mass is 294 g/mol. The van der Waals surface area contributed by atoms with Gasteiger partial charge in [-0.05, 0) is 44.7 Å². The predicted octanol–water partition coefficient (Wildman–Crippen LogP) is 3.87. The molecule has 2 aromatic rings. The normalized spacial score (nSPS) is 11.0. The number of hydrogen-bond donors (Lipinski definition) is 0. The zero-order valence-electron chi connectivity index (χ0n) is 11.6. The van der Waals surface area contributed by atoms with E-state index < -0.39 is 0 Å². The van der Waals surface area contributed by atoms with Crippen molar-refractivity contribution in [2.75, 3.05) is 0 Å². The van der Waals surface area contributed by atoms with Crippen molar-refractivity contribution in [3.05, 3.63) is 38.0 Å². The molecule has 19 heavy (non-hydrogen) atoms. The van der Waals surface area contributed by atoms with E-state index >= 15 is 0 Å². The third-order valence-corrected chi connectivity index (χ3v) is 4.79. The molecule has 0 spiro atoms. The molecule has 0 unspecified atom stereocenters. The molecule has 0 fully saturated rings. The Morgan fingerprint density at radius 2 is 2.11 bits per heavy atom. The second-order valence-electron chi connectivity index (χ2n) is 4.81. The highest BCUT2D eigenvalue weighted by atomic mass is 32.1. The van der Waals surface area contributed by atoms with Gasteiger partial charge < -0.3 is 4.90 Å². The van der Waals surface area contributed by atoms with E-state index in [-0.39, 0.29) is 11.9 Å². The first-order valence-electron chi connectivity index (χ1n) is 6.25. The molecule has 0 aliphatic carbocycles. The molecule has 0 radical (unpaired) electrons. The molecule has 5 heteroatoms. The zero-order valence-corrected chi connectivity index (χ0v) is 13.3. The standard InChI is InChI=1S/C14H18N2OS2/c1-9(2)16(7-13-10(3)5-6-18-13)14(17)12-8-19-11(4)15-12/h5-6,8-9H,7H2,1-4H3. The average molecular weight is 294 g/mol. The first-order chi connectivity index (χ1) is 8.99. The van der Waals surface area contributed by atoms with E-state index in [0.29, 0.717) is 12.2 Å². The topological polar surface area (TPSA) is 33.2 Å². The van der Waals surface area contributed by atoms with Gasteiger partial charge in [-0.1, -0.05) is 0 Å². The van der Waals surface area contributed by atoms with Gasteiger partial charge in [0.05, 0.1) is 11.6 Å². The van der Waals surface area contributed by atoms with Gasteiger partial charge in [0, 0.05) is 16.3 Å². The molecule has 0 N–H and O–H groups in total. The highest BCUT2D eigenvalue weighted by Gasteiger charge is 2.22. The molecule has 0 aliphatic rings. The molecule has 102 valence electrons. The van der Waals surface area contributed by atoms with E-state index in [1.54, 1.807) is 11.3 Å². The van der Waals surface area contributed by atoms with Gasteiger partial charge in [-0.3, -0.25) is 4.79 Å². The average Bonchev–Trinajstić information content (AvgIpc) is 2.94. The Morgan fingerprint density at radius 1 is 1.37 bits per heavy atom. The minimum Gasteiger partial charge on any atom is -0.330 e. The van der Waals surface area contributed by atoms with Crippen molar-refractivity contribution >= 4 is 28.6 Å². The van der Waals surface area contributed by atoms with Crippen molar-refractivity contribution in [2.24, 2.45) is 0 Å². The lowest BCUT2D eigenvalue weighted by Crippen LogP contribution is -2.36. The van der Waals surface area contributed by atoms with Crippen LogP contribution in [0, 0.1) is 13.8 Å². The maximum absolute atomic E-state index is 12.5. The van der Waals surface area contributed by atoms with Crippen molar-refractivity contribution in [2.45, 2.75) is 40.3 Å². The second-order valence-corrected chi connectivity index (χ2v) is 6.87. The van der Waals surface area contributed by atoms with Crippen molar-refractivity contribution in [1.82, 2.24) is 9.88 Å². The minimum atomic E-state index is 0.0205. The summed E-state index contributed by atoms with van der Waals surface area (Å²) in [5.41, 5.74) is 1.81. The molecule has 0 saturated carbocycles. The lowest BCUT2D eigenvalue weighted by atomic mass is 10.2. The SMILES string of the molecule is Cc1nc(C(=O)N(Cc2sccc2C)C(C)C)cs1. The van der Waals surface area contributed by atoms with E-state index in [0.717, 1.165) is 5.01 Å². The number of aryl methyl sites for hydroxylation is 2. The van der Waals surface area contributed by atoms with Gasteiger partial charge in [-0.15, -0.1) is 22.7 Å². The summed E-state index contributed by atoms with van der Waals surface area (Å²) in [6.45, 7) is 8.75. The van der Waals surface area contributed by atoms with Gasteiger partial charge >= 0.3 is 0 Å². The quantitative estimate of drug-likeness (QED) is 0.857. The summed E-state index contributed by atoms with van der Waals surface area (Å²) in [5.74, 6) is 0.0205. The number of nitrogens with zero attached hydrogens (tertiary/aromatic N) is 2. The highest BCUT2D eigenvalue weighted by molar-refractivity contribution is 7.10. The Labute approximate surface area is 121 Å². The molecule has 2 heterocycles. The number of thiazole rings is 1. The molecule has 1 amide bonds. The van der Waals surface area contributed by atoms with Crippen LogP contribution >= 0.6 is 22.7 Å². The summed E-state index contributed by atoms with van der Waals surface area (Å²) >= 11 is 3.22. The summed E-state index contributed by atoms with van der Waals surface area (Å²) in [7, 11) is 0. The highest BCUT2D eigenvalue weighted by Crippen LogP contribution is 2.21. The van der Waals surface area contributed by atoms with Crippen molar-refractivity contribution in [3.63, 3.8) is 0 Å². The summed E-state index contributed by atoms with van der Waals surface area (Å²) in [6, 6.07) is 2.26. The van der Waals surface area contributed by atoms with Gasteiger partial charge in [0.25, 0.3) is 5.91 Å². The van der Waals surface area contributed by atoms with Crippen molar-refractivity contribution in [3.8, 4) is 0 Å². The first-order valence-corrected chi connectivity index (χ1v) is 8.01. The molecule has 0 atom stereocenters. The second kappa shape index (κ2) is 5.84. The lowest BCUT2D eigenvalue weighted by molar-refractivity contribution is 0.0687. The number of carbonyl (C=O) groups excluding carboxylic acids is 1. The summed E-state index contributed by atoms with van der Waals surface area (Å²) in [4.78, 5) is 19.9. The smallest absolute Gasteiger partial charge is 0.273 e. The number of hydrogen-bond acceptors (Lipinski definition) is 4. The molecule has 0 aliphatic heterocycles. The fourth-order valence-electron chi connectivity index (χ4n) is 1.82. The molecular formula is C14H18N2OS2. The summed E-state index contributed by atoms with van der Waals surface area (Å²) in [5, 5.41) is 4.84. The number of amides is 1. The van der Waals surface area contributed by atoms with E-state index in [1.165, 1.54) is 21.8 Å². The van der Waals surface area contributed by atoms with Crippen LogP contribution in [-0.2, 0) is 6.54 Å². The Morgan fingerprint density at radius 3 is 2.58 bits per heavy atom. The van der Waals surface area contributed by atoms with Gasteiger partial charge in [0.2, 0.25) is 0 Å². The van der Waals surface area contributed by atoms with Crippen LogP contribution < -0.4 is 0 Å². The van der Waals surface area contributed by atoms with Crippen LogP contribution in [0.25, 0.3) is 0 Å². The number of rotatable bonds is 4. The van der Waals surface area contributed by atoms with Crippen LogP contribution in [0.2, 0.25) is 0 Å². The number of carbonyl (C=O) groups is 1.